The van der Waals surface area contributed by atoms with Crippen molar-refractivity contribution >= 4 is 25.5 Å². The molecule has 0 unspecified atom stereocenters. The van der Waals surface area contributed by atoms with Crippen LogP contribution in [-0.2, 0) is 11.5 Å². The van der Waals surface area contributed by atoms with Gasteiger partial charge in [-0.05, 0) is 19.0 Å². The lowest BCUT2D eigenvalue weighted by molar-refractivity contribution is 0.0784. The lowest BCUT2D eigenvalue weighted by Gasteiger charge is -2.15. The van der Waals surface area contributed by atoms with Crippen LogP contribution in [0.2, 0.25) is 30.7 Å². The molecule has 2 N–H and O–H groups in total. The van der Waals surface area contributed by atoms with Gasteiger partial charge < -0.3 is 10.5 Å². The molecule has 0 amide bonds. The third-order valence-corrected chi connectivity index (χ3v) is 5.47. The predicted molar refractivity (Wildman–Crippen MR) is 93.7 cm³/mol. The number of nitrogens with two attached hydrogens (primary N) is 1. The quantitative estimate of drug-likeness (QED) is 0.642. The second-order valence-corrected chi connectivity index (χ2v) is 12.6. The number of pyridine rings is 1. The van der Waals surface area contributed by atoms with Gasteiger partial charge in [-0.2, -0.15) is 5.10 Å². The molecular weight excluding hydrogens is 316 g/mol. The maximum Gasteiger partial charge on any atom is 0.142 e. The van der Waals surface area contributed by atoms with Gasteiger partial charge in [0.2, 0.25) is 0 Å². The van der Waals surface area contributed by atoms with Crippen LogP contribution >= 0.6 is 11.6 Å². The van der Waals surface area contributed by atoms with Crippen LogP contribution in [0.15, 0.2) is 18.5 Å². The van der Waals surface area contributed by atoms with Gasteiger partial charge in [-0.3, -0.25) is 0 Å². The maximum atomic E-state index is 6.23. The number of rotatable bonds is 6. The first kappa shape index (κ1) is 17.0. The van der Waals surface area contributed by atoms with E-state index in [2.05, 4.69) is 29.7 Å². The zero-order valence-corrected chi connectivity index (χ0v) is 15.3. The molecule has 2 aromatic rings. The van der Waals surface area contributed by atoms with Crippen LogP contribution in [0.25, 0.3) is 11.1 Å². The predicted octanol–water partition coefficient (Wildman–Crippen LogP) is 3.80. The molecule has 22 heavy (non-hydrogen) atoms. The molecular formula is C15H23ClN4OSi. The van der Waals surface area contributed by atoms with E-state index in [9.17, 15) is 0 Å². The van der Waals surface area contributed by atoms with Crippen LogP contribution in [0.1, 0.15) is 5.69 Å². The fraction of sp³-hybridized carbons (Fsp3) is 0.467. The molecule has 0 fully saturated rings. The molecule has 2 aromatic heterocycles. The first-order valence-electron chi connectivity index (χ1n) is 7.30. The SMILES string of the molecule is Cc1nn(COCC[Si](C)(C)C)cc1-c1ccnc(N)c1Cl. The van der Waals surface area contributed by atoms with Crippen molar-refractivity contribution in [1.82, 2.24) is 14.8 Å². The summed E-state index contributed by atoms with van der Waals surface area (Å²) >= 11 is 6.23. The first-order chi connectivity index (χ1) is 10.3. The number of aryl methyl sites for hydroxylation is 1. The molecule has 5 nitrogen and oxygen atoms in total. The van der Waals surface area contributed by atoms with Gasteiger partial charge in [-0.15, -0.1) is 0 Å². The summed E-state index contributed by atoms with van der Waals surface area (Å²) in [7, 11) is -1.06. The number of hydrogen-bond donors (Lipinski definition) is 1. The van der Waals surface area contributed by atoms with Crippen molar-refractivity contribution < 1.29 is 4.74 Å². The Bertz CT molecular complexity index is 651. The summed E-state index contributed by atoms with van der Waals surface area (Å²) in [6, 6.07) is 2.99. The van der Waals surface area contributed by atoms with E-state index < -0.39 is 8.07 Å². The highest BCUT2D eigenvalue weighted by Gasteiger charge is 2.14. The first-order valence-corrected chi connectivity index (χ1v) is 11.4. The molecule has 2 rings (SSSR count). The van der Waals surface area contributed by atoms with Crippen molar-refractivity contribution in [3.8, 4) is 11.1 Å². The number of ether oxygens (including phenoxy) is 1. The fourth-order valence-electron chi connectivity index (χ4n) is 2.05. The monoisotopic (exact) mass is 338 g/mol. The number of anilines is 1. The van der Waals surface area contributed by atoms with Crippen molar-refractivity contribution in [2.45, 2.75) is 39.3 Å². The normalized spacial score (nSPS) is 11.9. The summed E-state index contributed by atoms with van der Waals surface area (Å²) in [5.74, 6) is 0.331. The molecule has 0 radical (unpaired) electrons. The highest BCUT2D eigenvalue weighted by molar-refractivity contribution is 6.76. The van der Waals surface area contributed by atoms with E-state index in [-0.39, 0.29) is 0 Å². The standard InChI is InChI=1S/C15H23ClN4OSi/c1-11-13(12-5-6-18-15(17)14(12)16)9-20(19-11)10-21-7-8-22(2,3)4/h5-6,9H,7-8,10H2,1-4H3,(H2,17,18). The summed E-state index contributed by atoms with van der Waals surface area (Å²) in [5, 5.41) is 4.94. The molecule has 0 saturated heterocycles. The Hall–Kier alpha value is -1.37. The van der Waals surface area contributed by atoms with Crippen molar-refractivity contribution in [2.75, 3.05) is 12.3 Å². The van der Waals surface area contributed by atoms with E-state index >= 15 is 0 Å². The van der Waals surface area contributed by atoms with Crippen LogP contribution in [0, 0.1) is 6.92 Å². The van der Waals surface area contributed by atoms with Crippen molar-refractivity contribution in [3.05, 3.63) is 29.2 Å². The van der Waals surface area contributed by atoms with E-state index in [1.54, 1.807) is 10.9 Å². The minimum absolute atomic E-state index is 0.331. The molecule has 0 aliphatic rings. The van der Waals surface area contributed by atoms with E-state index in [0.717, 1.165) is 29.5 Å². The number of aromatic nitrogens is 3. The Kier molecular flexibility index (Phi) is 5.26. The van der Waals surface area contributed by atoms with Crippen LogP contribution in [0.4, 0.5) is 5.82 Å². The fourth-order valence-corrected chi connectivity index (χ4v) is 3.02. The van der Waals surface area contributed by atoms with E-state index in [1.807, 2.05) is 19.2 Å². The van der Waals surface area contributed by atoms with Crippen LogP contribution < -0.4 is 5.73 Å². The van der Waals surface area contributed by atoms with Crippen LogP contribution in [0.5, 0.6) is 0 Å². The average Bonchev–Trinajstić information content (AvgIpc) is 2.78. The summed E-state index contributed by atoms with van der Waals surface area (Å²) in [6.07, 6.45) is 3.59. The molecule has 0 spiro atoms. The number of nitrogen functional groups attached to an aromatic ring is 1. The van der Waals surface area contributed by atoms with Gasteiger partial charge in [0.15, 0.2) is 0 Å². The summed E-state index contributed by atoms with van der Waals surface area (Å²) in [5.41, 5.74) is 8.45. The van der Waals surface area contributed by atoms with Crippen LogP contribution in [0.3, 0.4) is 0 Å². The van der Waals surface area contributed by atoms with Gasteiger partial charge in [0, 0.05) is 38.2 Å². The van der Waals surface area contributed by atoms with E-state index in [1.165, 1.54) is 0 Å². The third kappa shape index (κ3) is 4.31. The van der Waals surface area contributed by atoms with E-state index in [4.69, 9.17) is 22.1 Å². The zero-order chi connectivity index (χ0) is 16.3. The number of hydrogen-bond acceptors (Lipinski definition) is 4. The largest absolute Gasteiger partial charge is 0.382 e. The molecule has 7 heteroatoms. The Balaban J connectivity index is 2.07. The van der Waals surface area contributed by atoms with Gasteiger partial charge in [0.25, 0.3) is 0 Å². The molecule has 0 aliphatic heterocycles. The highest BCUT2D eigenvalue weighted by Crippen LogP contribution is 2.32. The lowest BCUT2D eigenvalue weighted by atomic mass is 10.1. The smallest absolute Gasteiger partial charge is 0.142 e. The zero-order valence-electron chi connectivity index (χ0n) is 13.6. The van der Waals surface area contributed by atoms with Gasteiger partial charge in [0.05, 0.1) is 10.7 Å². The summed E-state index contributed by atoms with van der Waals surface area (Å²) in [6.45, 7) is 10.2. The highest BCUT2D eigenvalue weighted by atomic mass is 35.5. The molecule has 0 saturated carbocycles. The summed E-state index contributed by atoms with van der Waals surface area (Å²) < 4.78 is 7.51. The summed E-state index contributed by atoms with van der Waals surface area (Å²) in [4.78, 5) is 3.98. The minimum Gasteiger partial charge on any atom is -0.382 e. The average molecular weight is 339 g/mol. The Labute approximate surface area is 137 Å². The number of nitrogens with zero attached hydrogens (tertiary/aromatic N) is 3. The Morgan fingerprint density at radius 1 is 1.32 bits per heavy atom. The molecule has 0 aromatic carbocycles. The molecule has 120 valence electrons. The molecule has 0 atom stereocenters. The van der Waals surface area contributed by atoms with Crippen molar-refractivity contribution in [1.29, 1.82) is 0 Å². The maximum absolute atomic E-state index is 6.23. The minimum atomic E-state index is -1.06. The van der Waals surface area contributed by atoms with Gasteiger partial charge in [-0.1, -0.05) is 31.2 Å². The lowest BCUT2D eigenvalue weighted by Crippen LogP contribution is -2.22. The van der Waals surface area contributed by atoms with Crippen molar-refractivity contribution in [2.24, 2.45) is 0 Å². The van der Waals surface area contributed by atoms with Gasteiger partial charge >= 0.3 is 0 Å². The third-order valence-electron chi connectivity index (χ3n) is 3.37. The Morgan fingerprint density at radius 2 is 2.05 bits per heavy atom. The topological polar surface area (TPSA) is 66.0 Å². The van der Waals surface area contributed by atoms with E-state index in [0.29, 0.717) is 17.6 Å². The van der Waals surface area contributed by atoms with Crippen LogP contribution in [-0.4, -0.2) is 29.4 Å². The molecule has 2 heterocycles. The van der Waals surface area contributed by atoms with Gasteiger partial charge in [0.1, 0.15) is 12.5 Å². The Morgan fingerprint density at radius 3 is 2.73 bits per heavy atom. The number of halogens is 1. The van der Waals surface area contributed by atoms with Gasteiger partial charge in [-0.25, -0.2) is 9.67 Å². The second kappa shape index (κ2) is 6.81. The second-order valence-electron chi connectivity index (χ2n) is 6.57. The molecule has 0 bridgehead atoms. The molecule has 0 aliphatic carbocycles. The van der Waals surface area contributed by atoms with Crippen molar-refractivity contribution in [3.63, 3.8) is 0 Å².